The lowest BCUT2D eigenvalue weighted by Crippen LogP contribution is -1.96. The Morgan fingerprint density at radius 1 is 1.50 bits per heavy atom. The summed E-state index contributed by atoms with van der Waals surface area (Å²) in [5.74, 6) is 0.553. The molecule has 0 radical (unpaired) electrons. The molecule has 0 aliphatic heterocycles. The van der Waals surface area contributed by atoms with Crippen molar-refractivity contribution in [2.75, 3.05) is 6.61 Å². The van der Waals surface area contributed by atoms with Gasteiger partial charge in [0, 0.05) is 12.4 Å². The zero-order valence-corrected chi connectivity index (χ0v) is 9.53. The normalized spacial score (nSPS) is 10.1. The molecule has 0 aromatic carbocycles. The minimum absolute atomic E-state index is 0.552. The average Bonchev–Trinajstić information content (AvgIpc) is 2.79. The Balaban J connectivity index is 2.42. The summed E-state index contributed by atoms with van der Waals surface area (Å²) in [7, 11) is 0. The number of nitrogens with zero attached hydrogens (tertiary/aromatic N) is 2. The van der Waals surface area contributed by atoms with Gasteiger partial charge in [-0.05, 0) is 19.1 Å². The fourth-order valence-electron chi connectivity index (χ4n) is 1.27. The van der Waals surface area contributed by atoms with E-state index in [-0.39, 0.29) is 0 Å². The van der Waals surface area contributed by atoms with Gasteiger partial charge in [-0.25, -0.2) is 9.97 Å². The average molecular weight is 234 g/mol. The predicted octanol–water partition coefficient (Wildman–Crippen LogP) is 2.42. The van der Waals surface area contributed by atoms with Gasteiger partial charge in [0.15, 0.2) is 6.29 Å². The largest absolute Gasteiger partial charge is 0.477 e. The molecule has 0 saturated heterocycles. The van der Waals surface area contributed by atoms with Crippen LogP contribution in [0.2, 0.25) is 0 Å². The van der Waals surface area contributed by atoms with Crippen molar-refractivity contribution in [3.05, 3.63) is 29.4 Å². The lowest BCUT2D eigenvalue weighted by molar-refractivity contribution is 0.112. The summed E-state index contributed by atoms with van der Waals surface area (Å²) in [5, 5.41) is 0.749. The Labute approximate surface area is 96.9 Å². The van der Waals surface area contributed by atoms with E-state index in [9.17, 15) is 4.79 Å². The summed E-state index contributed by atoms with van der Waals surface area (Å²) in [5.41, 5.74) is 0.822. The first-order chi connectivity index (χ1) is 7.85. The highest BCUT2D eigenvalue weighted by atomic mass is 32.1. The Morgan fingerprint density at radius 2 is 2.38 bits per heavy atom. The fraction of sp³-hybridized carbons (Fsp3) is 0.182. The molecule has 0 spiro atoms. The summed E-state index contributed by atoms with van der Waals surface area (Å²) in [6, 6.07) is 3.70. The zero-order valence-electron chi connectivity index (χ0n) is 8.71. The monoisotopic (exact) mass is 234 g/mol. The van der Waals surface area contributed by atoms with E-state index in [4.69, 9.17) is 4.74 Å². The number of hydrogen-bond acceptors (Lipinski definition) is 5. The number of carbonyl (C=O) groups excluding carboxylic acids is 1. The first-order valence-corrected chi connectivity index (χ1v) is 5.66. The Kier molecular flexibility index (Phi) is 3.26. The van der Waals surface area contributed by atoms with E-state index < -0.39 is 0 Å². The van der Waals surface area contributed by atoms with Crippen LogP contribution in [0.25, 0.3) is 10.6 Å². The molecule has 2 heterocycles. The molecule has 0 amide bonds. The molecule has 16 heavy (non-hydrogen) atoms. The molecule has 4 nitrogen and oxygen atoms in total. The smallest absolute Gasteiger partial charge is 0.223 e. The van der Waals surface area contributed by atoms with Crippen molar-refractivity contribution in [3.8, 4) is 16.5 Å². The van der Waals surface area contributed by atoms with Crippen LogP contribution >= 0.6 is 11.3 Å². The third-order valence-corrected chi connectivity index (χ3v) is 2.88. The van der Waals surface area contributed by atoms with Gasteiger partial charge in [0.25, 0.3) is 0 Å². The predicted molar refractivity (Wildman–Crippen MR) is 61.9 cm³/mol. The number of pyridine rings is 1. The lowest BCUT2D eigenvalue weighted by Gasteiger charge is -2.05. The quantitative estimate of drug-likeness (QED) is 0.762. The molecule has 2 aromatic heterocycles. The van der Waals surface area contributed by atoms with Gasteiger partial charge in [0.1, 0.15) is 5.01 Å². The van der Waals surface area contributed by atoms with Gasteiger partial charge < -0.3 is 4.74 Å². The highest BCUT2D eigenvalue weighted by molar-refractivity contribution is 7.16. The third kappa shape index (κ3) is 2.09. The molecule has 0 atom stereocenters. The van der Waals surface area contributed by atoms with Crippen molar-refractivity contribution in [1.82, 2.24) is 9.97 Å². The molecule has 0 N–H and O–H groups in total. The molecule has 5 heteroatoms. The highest BCUT2D eigenvalue weighted by Crippen LogP contribution is 2.30. The van der Waals surface area contributed by atoms with E-state index in [1.807, 2.05) is 19.1 Å². The van der Waals surface area contributed by atoms with Crippen LogP contribution in [0.1, 0.15) is 16.6 Å². The Morgan fingerprint density at radius 3 is 3.06 bits per heavy atom. The van der Waals surface area contributed by atoms with Gasteiger partial charge >= 0.3 is 0 Å². The number of hydrogen-bond donors (Lipinski definition) is 0. The number of aromatic nitrogens is 2. The van der Waals surface area contributed by atoms with Crippen LogP contribution in [0.4, 0.5) is 0 Å². The van der Waals surface area contributed by atoms with Gasteiger partial charge in [-0.1, -0.05) is 0 Å². The van der Waals surface area contributed by atoms with Gasteiger partial charge in [-0.2, -0.15) is 0 Å². The van der Waals surface area contributed by atoms with E-state index in [1.165, 1.54) is 11.3 Å². The SMILES string of the molecule is CCOc1ncccc1-c1ncc(C=O)s1. The molecular formula is C11H10N2O2S. The van der Waals surface area contributed by atoms with Gasteiger partial charge in [0.05, 0.1) is 17.0 Å². The summed E-state index contributed by atoms with van der Waals surface area (Å²) in [6.45, 7) is 2.45. The lowest BCUT2D eigenvalue weighted by atomic mass is 10.3. The molecule has 82 valence electrons. The topological polar surface area (TPSA) is 52.1 Å². The van der Waals surface area contributed by atoms with Crippen LogP contribution in [0.15, 0.2) is 24.5 Å². The van der Waals surface area contributed by atoms with Crippen LogP contribution < -0.4 is 4.74 Å². The first kappa shape index (κ1) is 10.8. The van der Waals surface area contributed by atoms with Crippen LogP contribution in [0, 0.1) is 0 Å². The fourth-order valence-corrected chi connectivity index (χ4v) is 2.02. The van der Waals surface area contributed by atoms with Crippen LogP contribution in [0.3, 0.4) is 0 Å². The number of rotatable bonds is 4. The maximum Gasteiger partial charge on any atom is 0.223 e. The molecule has 0 fully saturated rings. The first-order valence-electron chi connectivity index (χ1n) is 4.84. The summed E-state index contributed by atoms with van der Waals surface area (Å²) in [4.78, 5) is 19.5. The van der Waals surface area contributed by atoms with E-state index in [2.05, 4.69) is 9.97 Å². The van der Waals surface area contributed by atoms with Crippen LogP contribution in [0.5, 0.6) is 5.88 Å². The molecule has 0 aliphatic carbocycles. The maximum absolute atomic E-state index is 10.6. The Bertz CT molecular complexity index is 496. The molecular weight excluding hydrogens is 224 g/mol. The number of thiazole rings is 1. The van der Waals surface area contributed by atoms with Crippen LogP contribution in [-0.2, 0) is 0 Å². The van der Waals surface area contributed by atoms with Gasteiger partial charge in [0.2, 0.25) is 5.88 Å². The van der Waals surface area contributed by atoms with Gasteiger partial charge in [-0.15, -0.1) is 11.3 Å². The van der Waals surface area contributed by atoms with Crippen molar-refractivity contribution in [3.63, 3.8) is 0 Å². The molecule has 0 aliphatic rings. The van der Waals surface area contributed by atoms with Crippen molar-refractivity contribution in [1.29, 1.82) is 0 Å². The second-order valence-corrected chi connectivity index (χ2v) is 4.04. The van der Waals surface area contributed by atoms with Crippen molar-refractivity contribution >= 4 is 17.6 Å². The molecule has 0 unspecified atom stereocenters. The number of ether oxygens (including phenoxy) is 1. The van der Waals surface area contributed by atoms with E-state index in [0.717, 1.165) is 16.9 Å². The molecule has 2 rings (SSSR count). The standard InChI is InChI=1S/C11H10N2O2S/c1-2-15-10-9(4-3-5-12-10)11-13-6-8(7-14)16-11/h3-7H,2H2,1H3. The van der Waals surface area contributed by atoms with E-state index >= 15 is 0 Å². The summed E-state index contributed by atoms with van der Waals surface area (Å²) >= 11 is 1.33. The van der Waals surface area contributed by atoms with E-state index in [1.54, 1.807) is 12.4 Å². The second-order valence-electron chi connectivity index (χ2n) is 2.97. The third-order valence-electron chi connectivity index (χ3n) is 1.92. The second kappa shape index (κ2) is 4.85. The molecule has 2 aromatic rings. The summed E-state index contributed by atoms with van der Waals surface area (Å²) < 4.78 is 5.40. The van der Waals surface area contributed by atoms with E-state index in [0.29, 0.717) is 17.4 Å². The molecule has 0 saturated carbocycles. The minimum Gasteiger partial charge on any atom is -0.477 e. The van der Waals surface area contributed by atoms with Crippen molar-refractivity contribution < 1.29 is 9.53 Å². The summed E-state index contributed by atoms with van der Waals surface area (Å²) in [6.07, 6.45) is 4.01. The van der Waals surface area contributed by atoms with Crippen molar-refractivity contribution in [2.24, 2.45) is 0 Å². The van der Waals surface area contributed by atoms with Crippen molar-refractivity contribution in [2.45, 2.75) is 6.92 Å². The zero-order chi connectivity index (χ0) is 11.4. The Hall–Kier alpha value is -1.75. The number of carbonyl (C=O) groups is 1. The maximum atomic E-state index is 10.6. The number of aldehydes is 1. The minimum atomic E-state index is 0.552. The molecule has 0 bridgehead atoms. The highest BCUT2D eigenvalue weighted by Gasteiger charge is 2.10. The van der Waals surface area contributed by atoms with Gasteiger partial charge in [-0.3, -0.25) is 4.79 Å². The van der Waals surface area contributed by atoms with Crippen LogP contribution in [-0.4, -0.2) is 22.9 Å².